The first-order valence-corrected chi connectivity index (χ1v) is 8.73. The second kappa shape index (κ2) is 8.51. The Labute approximate surface area is 155 Å². The van der Waals surface area contributed by atoms with Crippen molar-refractivity contribution in [3.8, 4) is 11.5 Å². The van der Waals surface area contributed by atoms with Crippen LogP contribution in [0, 0.1) is 0 Å². The number of thioether (sulfide) groups is 1. The van der Waals surface area contributed by atoms with Gasteiger partial charge in [0, 0.05) is 4.90 Å². The zero-order valence-electron chi connectivity index (χ0n) is 13.4. The molecule has 1 N–H and O–H groups in total. The van der Waals surface area contributed by atoms with E-state index in [1.54, 1.807) is 38.5 Å². The van der Waals surface area contributed by atoms with Gasteiger partial charge in [0.1, 0.15) is 0 Å². The maximum Gasteiger partial charge on any atom is 0.237 e. The van der Waals surface area contributed by atoms with Crippen LogP contribution in [0.1, 0.15) is 6.92 Å². The largest absolute Gasteiger partial charge is 0.493 e. The molecule has 0 saturated heterocycles. The van der Waals surface area contributed by atoms with Gasteiger partial charge in [0.25, 0.3) is 0 Å². The highest BCUT2D eigenvalue weighted by atomic mass is 35.5. The molecule has 2 aromatic carbocycles. The topological polar surface area (TPSA) is 47.6 Å². The standard InChI is InChI=1S/C17H17Cl2NO3S/c1-10(17(21)20-13-6-4-5-12(18)16(13)19)24-11-7-8-14(22-2)15(9-11)23-3/h4-10H,1-3H3,(H,20,21). The van der Waals surface area contributed by atoms with Gasteiger partial charge in [0.05, 0.1) is 35.2 Å². The van der Waals surface area contributed by atoms with Crippen molar-refractivity contribution in [3.05, 3.63) is 46.4 Å². The minimum absolute atomic E-state index is 0.168. The fourth-order valence-corrected chi connectivity index (χ4v) is 3.23. The van der Waals surface area contributed by atoms with E-state index in [1.165, 1.54) is 11.8 Å². The van der Waals surface area contributed by atoms with Crippen LogP contribution in [0.5, 0.6) is 11.5 Å². The number of ether oxygens (including phenoxy) is 2. The van der Waals surface area contributed by atoms with Crippen LogP contribution in [-0.2, 0) is 4.79 Å². The summed E-state index contributed by atoms with van der Waals surface area (Å²) in [6.07, 6.45) is 0. The molecule has 7 heteroatoms. The Morgan fingerprint density at radius 2 is 1.83 bits per heavy atom. The normalized spacial score (nSPS) is 11.7. The average Bonchev–Trinajstić information content (AvgIpc) is 2.58. The quantitative estimate of drug-likeness (QED) is 0.700. The molecular formula is C17H17Cl2NO3S. The first-order valence-electron chi connectivity index (χ1n) is 7.09. The van der Waals surface area contributed by atoms with Crippen LogP contribution < -0.4 is 14.8 Å². The summed E-state index contributed by atoms with van der Waals surface area (Å²) in [5.74, 6) is 1.09. The zero-order valence-corrected chi connectivity index (χ0v) is 15.8. The van der Waals surface area contributed by atoms with Crippen molar-refractivity contribution in [1.29, 1.82) is 0 Å². The Balaban J connectivity index is 2.07. The van der Waals surface area contributed by atoms with Crippen LogP contribution in [0.3, 0.4) is 0 Å². The molecule has 0 heterocycles. The summed E-state index contributed by atoms with van der Waals surface area (Å²) in [5, 5.41) is 3.18. The molecule has 0 aliphatic carbocycles. The number of hydrogen-bond acceptors (Lipinski definition) is 4. The molecule has 0 aliphatic heterocycles. The van der Waals surface area contributed by atoms with Gasteiger partial charge < -0.3 is 14.8 Å². The van der Waals surface area contributed by atoms with Gasteiger partial charge >= 0.3 is 0 Å². The van der Waals surface area contributed by atoms with Crippen molar-refractivity contribution in [2.24, 2.45) is 0 Å². The summed E-state index contributed by atoms with van der Waals surface area (Å²) in [5.41, 5.74) is 0.494. The van der Waals surface area contributed by atoms with Crippen LogP contribution in [0.15, 0.2) is 41.3 Å². The number of carbonyl (C=O) groups excluding carboxylic acids is 1. The number of benzene rings is 2. The van der Waals surface area contributed by atoms with Crippen LogP contribution in [0.2, 0.25) is 10.0 Å². The van der Waals surface area contributed by atoms with Gasteiger partial charge in [0.15, 0.2) is 11.5 Å². The highest BCUT2D eigenvalue weighted by molar-refractivity contribution is 8.00. The molecule has 1 unspecified atom stereocenters. The van der Waals surface area contributed by atoms with Crippen LogP contribution in [0.4, 0.5) is 5.69 Å². The van der Waals surface area contributed by atoms with Crippen molar-refractivity contribution < 1.29 is 14.3 Å². The second-order valence-corrected chi connectivity index (χ2v) is 7.07. The Morgan fingerprint density at radius 1 is 1.12 bits per heavy atom. The molecule has 0 spiro atoms. The molecular weight excluding hydrogens is 369 g/mol. The summed E-state index contributed by atoms with van der Waals surface area (Å²) < 4.78 is 10.5. The molecule has 4 nitrogen and oxygen atoms in total. The van der Waals surface area contributed by atoms with Crippen LogP contribution in [0.25, 0.3) is 0 Å². The lowest BCUT2D eigenvalue weighted by molar-refractivity contribution is -0.115. The summed E-state index contributed by atoms with van der Waals surface area (Å²) in [6, 6.07) is 10.6. The molecule has 1 amide bonds. The van der Waals surface area contributed by atoms with Crippen molar-refractivity contribution >= 4 is 46.6 Å². The molecule has 1 atom stereocenters. The third-order valence-corrected chi connectivity index (χ3v) is 5.16. The van der Waals surface area contributed by atoms with E-state index < -0.39 is 0 Å². The van der Waals surface area contributed by atoms with Gasteiger partial charge in [-0.3, -0.25) is 4.79 Å². The Kier molecular flexibility index (Phi) is 6.66. The zero-order chi connectivity index (χ0) is 17.7. The first-order chi connectivity index (χ1) is 11.5. The van der Waals surface area contributed by atoms with Gasteiger partial charge in [-0.15, -0.1) is 11.8 Å². The van der Waals surface area contributed by atoms with E-state index in [0.717, 1.165) is 4.90 Å². The van der Waals surface area contributed by atoms with Gasteiger partial charge in [-0.1, -0.05) is 29.3 Å². The predicted molar refractivity (Wildman–Crippen MR) is 100.0 cm³/mol. The minimum atomic E-state index is -0.335. The van der Waals surface area contributed by atoms with E-state index in [1.807, 2.05) is 19.1 Å². The van der Waals surface area contributed by atoms with E-state index >= 15 is 0 Å². The van der Waals surface area contributed by atoms with Crippen molar-refractivity contribution in [3.63, 3.8) is 0 Å². The van der Waals surface area contributed by atoms with E-state index in [4.69, 9.17) is 32.7 Å². The number of carbonyl (C=O) groups is 1. The van der Waals surface area contributed by atoms with Crippen LogP contribution in [-0.4, -0.2) is 25.4 Å². The van der Waals surface area contributed by atoms with Crippen LogP contribution >= 0.6 is 35.0 Å². The molecule has 2 aromatic rings. The average molecular weight is 386 g/mol. The van der Waals surface area contributed by atoms with E-state index in [9.17, 15) is 4.79 Å². The van der Waals surface area contributed by atoms with E-state index in [0.29, 0.717) is 27.2 Å². The minimum Gasteiger partial charge on any atom is -0.493 e. The summed E-state index contributed by atoms with van der Waals surface area (Å²) in [4.78, 5) is 13.3. The van der Waals surface area contributed by atoms with Crippen molar-refractivity contribution in [1.82, 2.24) is 0 Å². The molecule has 0 aliphatic rings. The second-order valence-electron chi connectivity index (χ2n) is 4.87. The highest BCUT2D eigenvalue weighted by Crippen LogP contribution is 2.34. The molecule has 128 valence electrons. The molecule has 0 fully saturated rings. The number of amides is 1. The molecule has 24 heavy (non-hydrogen) atoms. The van der Waals surface area contributed by atoms with Gasteiger partial charge in [-0.25, -0.2) is 0 Å². The summed E-state index contributed by atoms with van der Waals surface area (Å²) in [6.45, 7) is 1.81. The Hall–Kier alpha value is -1.56. The molecule has 0 radical (unpaired) electrons. The van der Waals surface area contributed by atoms with Crippen molar-refractivity contribution in [2.75, 3.05) is 19.5 Å². The van der Waals surface area contributed by atoms with E-state index in [-0.39, 0.29) is 11.2 Å². The number of hydrogen-bond donors (Lipinski definition) is 1. The summed E-state index contributed by atoms with van der Waals surface area (Å²) in [7, 11) is 3.15. The number of rotatable bonds is 6. The first kappa shape index (κ1) is 18.8. The van der Waals surface area contributed by atoms with Gasteiger partial charge in [-0.2, -0.15) is 0 Å². The SMILES string of the molecule is COc1ccc(SC(C)C(=O)Nc2cccc(Cl)c2Cl)cc1OC. The third kappa shape index (κ3) is 4.50. The molecule has 0 bridgehead atoms. The fourth-order valence-electron chi connectivity index (χ4n) is 1.98. The van der Waals surface area contributed by atoms with E-state index in [2.05, 4.69) is 5.32 Å². The number of anilines is 1. The number of halogens is 2. The lowest BCUT2D eigenvalue weighted by Gasteiger charge is -2.14. The molecule has 2 rings (SSSR count). The molecule has 0 saturated carbocycles. The number of nitrogens with one attached hydrogen (secondary N) is 1. The monoisotopic (exact) mass is 385 g/mol. The molecule has 0 aromatic heterocycles. The van der Waals surface area contributed by atoms with Gasteiger partial charge in [0.2, 0.25) is 5.91 Å². The maximum absolute atomic E-state index is 12.4. The number of methoxy groups -OCH3 is 2. The third-order valence-electron chi connectivity index (χ3n) is 3.25. The maximum atomic E-state index is 12.4. The highest BCUT2D eigenvalue weighted by Gasteiger charge is 2.17. The lowest BCUT2D eigenvalue weighted by atomic mass is 10.3. The smallest absolute Gasteiger partial charge is 0.237 e. The Morgan fingerprint density at radius 3 is 2.50 bits per heavy atom. The summed E-state index contributed by atoms with van der Waals surface area (Å²) >= 11 is 13.5. The Bertz CT molecular complexity index is 740. The lowest BCUT2D eigenvalue weighted by Crippen LogP contribution is -2.22. The van der Waals surface area contributed by atoms with Crippen molar-refractivity contribution in [2.45, 2.75) is 17.1 Å². The van der Waals surface area contributed by atoms with Gasteiger partial charge in [-0.05, 0) is 37.3 Å². The fraction of sp³-hybridized carbons (Fsp3) is 0.235. The predicted octanol–water partition coefficient (Wildman–Crippen LogP) is 5.13.